The van der Waals surface area contributed by atoms with Crippen molar-refractivity contribution in [1.82, 2.24) is 0 Å². The van der Waals surface area contributed by atoms with Crippen LogP contribution in [0.4, 0.5) is 0 Å². The SMILES string of the molecule is C[SiH](CCC1CCC2OC2C1)O[Si](C)(C)O[Si](C)(C)C. The van der Waals surface area contributed by atoms with Crippen molar-refractivity contribution in [3.8, 4) is 0 Å². The van der Waals surface area contributed by atoms with Crippen LogP contribution in [-0.2, 0) is 13.0 Å². The minimum absolute atomic E-state index is 0.618. The highest BCUT2D eigenvalue weighted by Gasteiger charge is 2.43. The normalized spacial score (nSPS) is 31.8. The smallest absolute Gasteiger partial charge is 0.310 e. The third-order valence-electron chi connectivity index (χ3n) is 4.13. The van der Waals surface area contributed by atoms with Gasteiger partial charge in [0.1, 0.15) is 0 Å². The highest BCUT2D eigenvalue weighted by Crippen LogP contribution is 2.41. The highest BCUT2D eigenvalue weighted by atomic mass is 28.5. The summed E-state index contributed by atoms with van der Waals surface area (Å²) in [6.07, 6.45) is 6.57. The van der Waals surface area contributed by atoms with Gasteiger partial charge in [0.2, 0.25) is 0 Å². The minimum Gasteiger partial charge on any atom is -0.439 e. The van der Waals surface area contributed by atoms with Crippen LogP contribution in [0.1, 0.15) is 25.7 Å². The molecule has 2 fully saturated rings. The maximum absolute atomic E-state index is 6.40. The maximum atomic E-state index is 6.40. The third-order valence-corrected chi connectivity index (χ3v) is 13.6. The highest BCUT2D eigenvalue weighted by molar-refractivity contribution is 6.84. The monoisotopic (exact) mass is 332 g/mol. The van der Waals surface area contributed by atoms with E-state index in [2.05, 4.69) is 39.3 Å². The average molecular weight is 333 g/mol. The van der Waals surface area contributed by atoms with Crippen molar-refractivity contribution < 1.29 is 13.0 Å². The fourth-order valence-electron chi connectivity index (χ4n) is 3.52. The van der Waals surface area contributed by atoms with Crippen LogP contribution in [0.2, 0.25) is 45.3 Å². The van der Waals surface area contributed by atoms with E-state index in [1.54, 1.807) is 0 Å². The summed E-state index contributed by atoms with van der Waals surface area (Å²) in [5, 5.41) is 0. The van der Waals surface area contributed by atoms with Crippen LogP contribution in [-0.4, -0.2) is 38.1 Å². The van der Waals surface area contributed by atoms with E-state index in [-0.39, 0.29) is 0 Å². The number of epoxide rings is 1. The molecular weight excluding hydrogens is 300 g/mol. The van der Waals surface area contributed by atoms with Gasteiger partial charge >= 0.3 is 8.56 Å². The standard InChI is InChI=1S/C14H32O3Si3/c1-18(16-20(5,6)17-19(2,3)4)10-9-12-7-8-13-14(11-12)15-13/h12-14,18H,7-11H2,1-6H3. The molecule has 0 spiro atoms. The third kappa shape index (κ3) is 5.73. The lowest BCUT2D eigenvalue weighted by atomic mass is 9.88. The first-order valence-electron chi connectivity index (χ1n) is 8.18. The molecule has 0 aromatic heterocycles. The number of hydrogen-bond acceptors (Lipinski definition) is 3. The molecule has 0 aromatic rings. The van der Waals surface area contributed by atoms with Crippen LogP contribution in [0, 0.1) is 5.92 Å². The second kappa shape index (κ2) is 6.34. The summed E-state index contributed by atoms with van der Waals surface area (Å²) < 4.78 is 18.3. The molecule has 1 saturated heterocycles. The van der Waals surface area contributed by atoms with Gasteiger partial charge in [-0.3, -0.25) is 0 Å². The molecule has 118 valence electrons. The van der Waals surface area contributed by atoms with E-state index in [9.17, 15) is 0 Å². The first-order valence-corrected chi connectivity index (χ1v) is 16.8. The summed E-state index contributed by atoms with van der Waals surface area (Å²) in [4.78, 5) is 0. The molecule has 0 amide bonds. The lowest BCUT2D eigenvalue weighted by molar-refractivity contribution is 0.353. The van der Waals surface area contributed by atoms with Crippen LogP contribution in [0.15, 0.2) is 0 Å². The van der Waals surface area contributed by atoms with Crippen molar-refractivity contribution in [2.45, 2.75) is 83.2 Å². The van der Waals surface area contributed by atoms with Gasteiger partial charge in [0.05, 0.1) is 12.2 Å². The first-order chi connectivity index (χ1) is 9.15. The van der Waals surface area contributed by atoms with E-state index in [4.69, 9.17) is 13.0 Å². The molecule has 2 rings (SSSR count). The molecule has 0 N–H and O–H groups in total. The molecule has 1 aliphatic carbocycles. The Morgan fingerprint density at radius 1 is 1.10 bits per heavy atom. The Hall–Kier alpha value is 0.531. The van der Waals surface area contributed by atoms with Gasteiger partial charge in [0.15, 0.2) is 17.4 Å². The lowest BCUT2D eigenvalue weighted by Gasteiger charge is -2.33. The molecule has 1 aliphatic heterocycles. The summed E-state index contributed by atoms with van der Waals surface area (Å²) in [5.41, 5.74) is 0. The van der Waals surface area contributed by atoms with Crippen LogP contribution in [0.5, 0.6) is 0 Å². The molecule has 2 aliphatic rings. The fourth-order valence-corrected chi connectivity index (χ4v) is 15.3. The van der Waals surface area contributed by atoms with Gasteiger partial charge in [-0.2, -0.15) is 0 Å². The molecule has 1 saturated carbocycles. The maximum Gasteiger partial charge on any atom is 0.310 e. The summed E-state index contributed by atoms with van der Waals surface area (Å²) in [5.74, 6) is 0.889. The summed E-state index contributed by atoms with van der Waals surface area (Å²) in [6.45, 7) is 13.6. The van der Waals surface area contributed by atoms with E-state index in [0.29, 0.717) is 12.2 Å². The second-order valence-corrected chi connectivity index (χ2v) is 19.0. The molecule has 0 bridgehead atoms. The van der Waals surface area contributed by atoms with E-state index in [1.165, 1.54) is 31.7 Å². The van der Waals surface area contributed by atoms with Crippen molar-refractivity contribution in [3.63, 3.8) is 0 Å². The predicted molar refractivity (Wildman–Crippen MR) is 91.4 cm³/mol. The summed E-state index contributed by atoms with van der Waals surface area (Å²) in [7, 11) is -4.45. The summed E-state index contributed by atoms with van der Waals surface area (Å²) >= 11 is 0. The Morgan fingerprint density at radius 3 is 2.40 bits per heavy atom. The van der Waals surface area contributed by atoms with E-state index in [0.717, 1.165) is 5.92 Å². The van der Waals surface area contributed by atoms with E-state index in [1.807, 2.05) is 0 Å². The average Bonchev–Trinajstić information content (AvgIpc) is 2.99. The lowest BCUT2D eigenvalue weighted by Crippen LogP contribution is -2.47. The van der Waals surface area contributed by atoms with Crippen molar-refractivity contribution >= 4 is 25.9 Å². The summed E-state index contributed by atoms with van der Waals surface area (Å²) in [6, 6.07) is 1.30. The van der Waals surface area contributed by atoms with Gasteiger partial charge in [-0.25, -0.2) is 0 Å². The molecule has 3 nitrogen and oxygen atoms in total. The van der Waals surface area contributed by atoms with Crippen LogP contribution < -0.4 is 0 Å². The quantitative estimate of drug-likeness (QED) is 0.524. The van der Waals surface area contributed by atoms with Gasteiger partial charge in [-0.1, -0.05) is 6.42 Å². The molecule has 4 atom stereocenters. The van der Waals surface area contributed by atoms with Crippen LogP contribution >= 0.6 is 0 Å². The fraction of sp³-hybridized carbons (Fsp3) is 1.00. The molecule has 0 radical (unpaired) electrons. The minimum atomic E-state index is -1.90. The molecule has 4 unspecified atom stereocenters. The van der Waals surface area contributed by atoms with E-state index < -0.39 is 25.9 Å². The molecule has 20 heavy (non-hydrogen) atoms. The Bertz CT molecular complexity index is 330. The van der Waals surface area contributed by atoms with Crippen molar-refractivity contribution in [2.24, 2.45) is 5.92 Å². The van der Waals surface area contributed by atoms with Crippen molar-refractivity contribution in [2.75, 3.05) is 0 Å². The zero-order valence-electron chi connectivity index (χ0n) is 14.1. The Morgan fingerprint density at radius 2 is 1.80 bits per heavy atom. The van der Waals surface area contributed by atoms with Gasteiger partial charge < -0.3 is 13.0 Å². The van der Waals surface area contributed by atoms with Crippen LogP contribution in [0.25, 0.3) is 0 Å². The van der Waals surface area contributed by atoms with Crippen LogP contribution in [0.3, 0.4) is 0 Å². The zero-order chi connectivity index (χ0) is 15.0. The van der Waals surface area contributed by atoms with Gasteiger partial charge in [-0.15, -0.1) is 0 Å². The predicted octanol–water partition coefficient (Wildman–Crippen LogP) is 3.87. The molecular formula is C14H32O3Si3. The topological polar surface area (TPSA) is 31.0 Å². The van der Waals surface area contributed by atoms with Crippen molar-refractivity contribution in [1.29, 1.82) is 0 Å². The zero-order valence-corrected chi connectivity index (χ0v) is 17.2. The Balaban J connectivity index is 1.67. The van der Waals surface area contributed by atoms with Gasteiger partial charge in [0.25, 0.3) is 0 Å². The molecule has 1 heterocycles. The van der Waals surface area contributed by atoms with Gasteiger partial charge in [0, 0.05) is 0 Å². The number of rotatable bonds is 7. The van der Waals surface area contributed by atoms with Gasteiger partial charge in [-0.05, 0) is 70.5 Å². The largest absolute Gasteiger partial charge is 0.439 e. The second-order valence-electron chi connectivity index (χ2n) is 8.01. The van der Waals surface area contributed by atoms with E-state index >= 15 is 0 Å². The van der Waals surface area contributed by atoms with Crippen molar-refractivity contribution in [3.05, 3.63) is 0 Å². The number of hydrogen-bond donors (Lipinski definition) is 0. The number of ether oxygens (including phenoxy) is 1. The Kier molecular flexibility index (Phi) is 5.35. The number of fused-ring (bicyclic) bond motifs is 1. The molecule has 0 aromatic carbocycles. The first kappa shape index (κ1) is 16.9. The molecule has 6 heteroatoms. The Labute approximate surface area is 128 Å².